The van der Waals surface area contributed by atoms with Gasteiger partial charge in [-0.2, -0.15) is 0 Å². The van der Waals surface area contributed by atoms with Crippen molar-refractivity contribution in [1.82, 2.24) is 15.0 Å². The van der Waals surface area contributed by atoms with E-state index in [1.165, 1.54) is 5.56 Å². The molecule has 96 valence electrons. The first-order valence-electron chi connectivity index (χ1n) is 5.83. The number of hydrogen-bond donors (Lipinski definition) is 2. The second kappa shape index (κ2) is 5.35. The van der Waals surface area contributed by atoms with Gasteiger partial charge in [0.15, 0.2) is 0 Å². The largest absolute Gasteiger partial charge is 0.352 e. The van der Waals surface area contributed by atoms with Gasteiger partial charge < -0.3 is 9.97 Å². The van der Waals surface area contributed by atoms with Crippen LogP contribution < -0.4 is 0 Å². The van der Waals surface area contributed by atoms with Crippen LogP contribution in [0.25, 0.3) is 0 Å². The Kier molecular flexibility index (Phi) is 3.57. The molecule has 5 heteroatoms. The van der Waals surface area contributed by atoms with Crippen LogP contribution in [0.2, 0.25) is 0 Å². The maximum atomic E-state index is 4.09. The highest BCUT2D eigenvalue weighted by Gasteiger charge is 2.19. The van der Waals surface area contributed by atoms with Crippen molar-refractivity contribution in [3.63, 3.8) is 0 Å². The zero-order chi connectivity index (χ0) is 13.2. The summed E-state index contributed by atoms with van der Waals surface area (Å²) in [6.07, 6.45) is 3.64. The second-order valence-corrected chi connectivity index (χ2v) is 5.95. The quantitative estimate of drug-likeness (QED) is 0.692. The normalized spacial score (nSPS) is 11.1. The zero-order valence-electron chi connectivity index (χ0n) is 9.90. The highest BCUT2D eigenvalue weighted by atomic mass is 79.9. The van der Waals surface area contributed by atoms with E-state index < -0.39 is 0 Å². The van der Waals surface area contributed by atoms with Gasteiger partial charge in [-0.3, -0.25) is 4.98 Å². The minimum Gasteiger partial charge on any atom is -0.352 e. The molecule has 0 spiro atoms. The number of pyridine rings is 1. The van der Waals surface area contributed by atoms with Crippen LogP contribution in [0.1, 0.15) is 22.9 Å². The molecule has 0 amide bonds. The summed E-state index contributed by atoms with van der Waals surface area (Å²) in [6.45, 7) is 0. The van der Waals surface area contributed by atoms with Crippen molar-refractivity contribution in [2.45, 2.75) is 5.92 Å². The molecule has 0 radical (unpaired) electrons. The molecule has 0 aromatic carbocycles. The Balaban J connectivity index is 2.11. The van der Waals surface area contributed by atoms with Crippen LogP contribution in [0.3, 0.4) is 0 Å². The van der Waals surface area contributed by atoms with E-state index in [1.807, 2.05) is 36.7 Å². The average Bonchev–Trinajstić information content (AvgIpc) is 3.01. The van der Waals surface area contributed by atoms with Gasteiger partial charge in [-0.25, -0.2) is 0 Å². The van der Waals surface area contributed by atoms with Crippen LogP contribution in [0.5, 0.6) is 0 Å². The van der Waals surface area contributed by atoms with Gasteiger partial charge in [0.25, 0.3) is 0 Å². The molecule has 0 saturated heterocycles. The van der Waals surface area contributed by atoms with Gasteiger partial charge in [-0.05, 0) is 73.8 Å². The van der Waals surface area contributed by atoms with E-state index in [9.17, 15) is 0 Å². The highest BCUT2D eigenvalue weighted by molar-refractivity contribution is 9.10. The number of H-pyrrole nitrogens is 2. The molecule has 0 unspecified atom stereocenters. The molecule has 3 heterocycles. The van der Waals surface area contributed by atoms with E-state index in [-0.39, 0.29) is 5.92 Å². The molecule has 3 rings (SSSR count). The van der Waals surface area contributed by atoms with Crippen LogP contribution in [-0.2, 0) is 0 Å². The first kappa shape index (κ1) is 12.7. The van der Waals surface area contributed by atoms with Crippen LogP contribution in [0, 0.1) is 0 Å². The van der Waals surface area contributed by atoms with Gasteiger partial charge in [0.05, 0.1) is 15.1 Å². The number of nitrogens with zero attached hydrogens (tertiary/aromatic N) is 1. The van der Waals surface area contributed by atoms with Crippen molar-refractivity contribution < 1.29 is 0 Å². The predicted octanol–water partition coefficient (Wildman–Crippen LogP) is 4.44. The summed E-state index contributed by atoms with van der Waals surface area (Å²) in [5.41, 5.74) is 3.46. The fraction of sp³-hybridized carbons (Fsp3) is 0.0714. The fourth-order valence-corrected chi connectivity index (χ4v) is 2.91. The number of hydrogen-bond acceptors (Lipinski definition) is 1. The first-order valence-corrected chi connectivity index (χ1v) is 7.41. The minimum absolute atomic E-state index is 0.139. The van der Waals surface area contributed by atoms with E-state index in [0.717, 1.165) is 20.6 Å². The van der Waals surface area contributed by atoms with Crippen molar-refractivity contribution in [1.29, 1.82) is 0 Å². The summed E-state index contributed by atoms with van der Waals surface area (Å²) in [4.78, 5) is 10.8. The number of aromatic amines is 2. The Bertz CT molecular complexity index is 633. The summed E-state index contributed by atoms with van der Waals surface area (Å²) in [7, 11) is 0. The Morgan fingerprint density at radius 3 is 1.74 bits per heavy atom. The summed E-state index contributed by atoms with van der Waals surface area (Å²) >= 11 is 6.93. The van der Waals surface area contributed by atoms with E-state index in [0.29, 0.717) is 0 Å². The van der Waals surface area contributed by atoms with Crippen LogP contribution >= 0.6 is 31.9 Å². The lowest BCUT2D eigenvalue weighted by Gasteiger charge is -2.15. The van der Waals surface area contributed by atoms with Gasteiger partial charge in [-0.15, -0.1) is 0 Å². The summed E-state index contributed by atoms with van der Waals surface area (Å²) in [5.74, 6) is 0.139. The maximum absolute atomic E-state index is 4.09. The number of rotatable bonds is 3. The molecule has 0 aliphatic carbocycles. The fourth-order valence-electron chi connectivity index (χ4n) is 2.19. The third kappa shape index (κ3) is 2.67. The molecule has 0 bridgehead atoms. The van der Waals surface area contributed by atoms with Crippen LogP contribution in [0.15, 0.2) is 58.0 Å². The standard InChI is InChI=1S/C14H11Br2N3/c15-12-3-1-10(18-12)14(9-5-7-17-8-6-9)11-2-4-13(16)19-11/h1-8,14,18-19H. The van der Waals surface area contributed by atoms with E-state index in [4.69, 9.17) is 0 Å². The van der Waals surface area contributed by atoms with Crippen LogP contribution in [0.4, 0.5) is 0 Å². The molecule has 2 N–H and O–H groups in total. The number of aromatic nitrogens is 3. The number of nitrogens with one attached hydrogen (secondary N) is 2. The molecular formula is C14H11Br2N3. The third-order valence-corrected chi connectivity index (χ3v) is 3.93. The van der Waals surface area contributed by atoms with Gasteiger partial charge in [-0.1, -0.05) is 0 Å². The predicted molar refractivity (Wildman–Crippen MR) is 82.2 cm³/mol. The molecule has 0 fully saturated rings. The molecule has 0 atom stereocenters. The molecular weight excluding hydrogens is 370 g/mol. The van der Waals surface area contributed by atoms with Gasteiger partial charge in [0, 0.05) is 23.8 Å². The lowest BCUT2D eigenvalue weighted by molar-refractivity contribution is 0.888. The monoisotopic (exact) mass is 379 g/mol. The van der Waals surface area contributed by atoms with E-state index in [2.05, 4.69) is 58.9 Å². The maximum Gasteiger partial charge on any atom is 0.0822 e. The third-order valence-electron chi connectivity index (χ3n) is 3.01. The highest BCUT2D eigenvalue weighted by Crippen LogP contribution is 2.31. The summed E-state index contributed by atoms with van der Waals surface area (Å²) < 4.78 is 1.96. The lowest BCUT2D eigenvalue weighted by atomic mass is 9.93. The van der Waals surface area contributed by atoms with Crippen molar-refractivity contribution >= 4 is 31.9 Å². The second-order valence-electron chi connectivity index (χ2n) is 4.24. The number of halogens is 2. The Hall–Kier alpha value is -1.33. The van der Waals surface area contributed by atoms with Gasteiger partial charge in [0.1, 0.15) is 0 Å². The smallest absolute Gasteiger partial charge is 0.0822 e. The SMILES string of the molecule is Brc1ccc(C(c2ccncc2)c2ccc(Br)[nH]2)[nH]1. The van der Waals surface area contributed by atoms with Gasteiger partial charge in [0.2, 0.25) is 0 Å². The van der Waals surface area contributed by atoms with Crippen molar-refractivity contribution in [2.24, 2.45) is 0 Å². The van der Waals surface area contributed by atoms with Crippen molar-refractivity contribution in [3.05, 3.63) is 74.9 Å². The van der Waals surface area contributed by atoms with Crippen molar-refractivity contribution in [3.8, 4) is 0 Å². The topological polar surface area (TPSA) is 44.5 Å². The summed E-state index contributed by atoms with van der Waals surface area (Å²) in [6, 6.07) is 12.3. The molecule has 0 aliphatic heterocycles. The Morgan fingerprint density at radius 2 is 1.32 bits per heavy atom. The lowest BCUT2D eigenvalue weighted by Crippen LogP contribution is -2.04. The Morgan fingerprint density at radius 1 is 0.789 bits per heavy atom. The van der Waals surface area contributed by atoms with Gasteiger partial charge >= 0.3 is 0 Å². The molecule has 19 heavy (non-hydrogen) atoms. The molecule has 3 nitrogen and oxygen atoms in total. The molecule has 3 aromatic rings. The van der Waals surface area contributed by atoms with Crippen molar-refractivity contribution in [2.75, 3.05) is 0 Å². The molecule has 3 aromatic heterocycles. The Labute approximate surface area is 127 Å². The minimum atomic E-state index is 0.139. The van der Waals surface area contributed by atoms with E-state index >= 15 is 0 Å². The first-order chi connectivity index (χ1) is 9.24. The molecule has 0 saturated carbocycles. The molecule has 0 aliphatic rings. The van der Waals surface area contributed by atoms with Crippen LogP contribution in [-0.4, -0.2) is 15.0 Å². The zero-order valence-corrected chi connectivity index (χ0v) is 13.1. The van der Waals surface area contributed by atoms with E-state index in [1.54, 1.807) is 0 Å². The summed E-state index contributed by atoms with van der Waals surface area (Å²) in [5, 5.41) is 0. The average molecular weight is 381 g/mol.